The van der Waals surface area contributed by atoms with Crippen LogP contribution >= 0.6 is 0 Å². The molecule has 0 spiro atoms. The van der Waals surface area contributed by atoms with Gasteiger partial charge in [0.15, 0.2) is 5.54 Å². The molecule has 0 amide bonds. The number of carboxylic acids is 1. The van der Waals surface area contributed by atoms with E-state index in [4.69, 9.17) is 5.11 Å². The predicted octanol–water partition coefficient (Wildman–Crippen LogP) is 1.72. The lowest BCUT2D eigenvalue weighted by molar-refractivity contribution is -0.144. The van der Waals surface area contributed by atoms with Gasteiger partial charge in [0.2, 0.25) is 0 Å². The van der Waals surface area contributed by atoms with Crippen molar-refractivity contribution in [3.63, 3.8) is 0 Å². The fourth-order valence-electron chi connectivity index (χ4n) is 1.24. The van der Waals surface area contributed by atoms with E-state index in [2.05, 4.69) is 11.9 Å². The molecule has 0 aliphatic heterocycles. The van der Waals surface area contributed by atoms with Gasteiger partial charge in [0, 0.05) is 0 Å². The number of benzene rings is 1. The van der Waals surface area contributed by atoms with E-state index in [1.807, 2.05) is 6.07 Å². The Labute approximate surface area is 83.1 Å². The van der Waals surface area contributed by atoms with Gasteiger partial charge in [-0.1, -0.05) is 36.9 Å². The molecule has 1 aromatic rings. The van der Waals surface area contributed by atoms with Crippen LogP contribution < -0.4 is 5.32 Å². The molecule has 1 rings (SSSR count). The summed E-state index contributed by atoms with van der Waals surface area (Å²) in [4.78, 5) is 11.1. The van der Waals surface area contributed by atoms with Gasteiger partial charge in [0.05, 0.1) is 0 Å². The summed E-state index contributed by atoms with van der Waals surface area (Å²) < 4.78 is 0. The molecule has 0 aliphatic carbocycles. The summed E-state index contributed by atoms with van der Waals surface area (Å²) in [7, 11) is 0. The summed E-state index contributed by atoms with van der Waals surface area (Å²) in [6, 6.07) is 9.00. The molecule has 0 bridgehead atoms. The zero-order valence-corrected chi connectivity index (χ0v) is 8.03. The number of rotatable bonds is 4. The molecule has 0 heterocycles. The predicted molar refractivity (Wildman–Crippen MR) is 54.8 cm³/mol. The fraction of sp³-hybridized carbons (Fsp3) is 0.182. The molecule has 0 aromatic heterocycles. The first kappa shape index (κ1) is 10.3. The van der Waals surface area contributed by atoms with Crippen LogP contribution in [-0.4, -0.2) is 11.1 Å². The molecule has 0 saturated heterocycles. The highest BCUT2D eigenvalue weighted by molar-refractivity contribution is 5.80. The smallest absolute Gasteiger partial charge is 0.333 e. The van der Waals surface area contributed by atoms with Crippen LogP contribution in [0.1, 0.15) is 12.5 Å². The van der Waals surface area contributed by atoms with Gasteiger partial charge < -0.3 is 10.4 Å². The van der Waals surface area contributed by atoms with Crippen molar-refractivity contribution in [2.45, 2.75) is 12.5 Å². The number of nitrogens with one attached hydrogen (secondary N) is 1. The molecule has 1 atom stereocenters. The Hall–Kier alpha value is -1.77. The largest absolute Gasteiger partial charge is 0.479 e. The maximum Gasteiger partial charge on any atom is 0.333 e. The maximum atomic E-state index is 11.1. The van der Waals surface area contributed by atoms with Gasteiger partial charge in [-0.05, 0) is 18.7 Å². The number of hydrogen-bond donors (Lipinski definition) is 2. The summed E-state index contributed by atoms with van der Waals surface area (Å²) in [6.45, 7) is 5.08. The Morgan fingerprint density at radius 3 is 2.50 bits per heavy atom. The molecule has 2 N–H and O–H groups in total. The van der Waals surface area contributed by atoms with Crippen LogP contribution in [0, 0.1) is 0 Å². The zero-order valence-electron chi connectivity index (χ0n) is 8.03. The molecule has 1 aromatic carbocycles. The third-order valence-electron chi connectivity index (χ3n) is 2.17. The van der Waals surface area contributed by atoms with Crippen LogP contribution in [0.3, 0.4) is 0 Å². The lowest BCUT2D eigenvalue weighted by Gasteiger charge is -2.25. The van der Waals surface area contributed by atoms with Gasteiger partial charge in [0.25, 0.3) is 0 Å². The second-order valence-electron chi connectivity index (χ2n) is 3.14. The number of carboxylic acid groups (broad SMARTS) is 1. The van der Waals surface area contributed by atoms with E-state index < -0.39 is 11.5 Å². The van der Waals surface area contributed by atoms with E-state index in [1.54, 1.807) is 31.2 Å². The standard InChI is InChI=1S/C11H13NO2/c1-3-12-11(2,10(13)14)9-7-5-4-6-8-9/h3-8,12H,1H2,2H3,(H,13,14)/t11-/m1/s1. The van der Waals surface area contributed by atoms with E-state index in [-0.39, 0.29) is 0 Å². The van der Waals surface area contributed by atoms with Crippen molar-refractivity contribution in [3.8, 4) is 0 Å². The van der Waals surface area contributed by atoms with E-state index in [9.17, 15) is 4.79 Å². The Morgan fingerprint density at radius 2 is 2.07 bits per heavy atom. The molecular weight excluding hydrogens is 178 g/mol. The van der Waals surface area contributed by atoms with Crippen molar-refractivity contribution in [1.82, 2.24) is 5.32 Å². The van der Waals surface area contributed by atoms with Crippen LogP contribution in [-0.2, 0) is 10.3 Å². The first-order chi connectivity index (χ1) is 6.61. The van der Waals surface area contributed by atoms with Crippen molar-refractivity contribution in [2.24, 2.45) is 0 Å². The second kappa shape index (κ2) is 3.96. The molecular formula is C11H13NO2. The fourth-order valence-corrected chi connectivity index (χ4v) is 1.24. The molecule has 0 fully saturated rings. The van der Waals surface area contributed by atoms with Crippen molar-refractivity contribution >= 4 is 5.97 Å². The monoisotopic (exact) mass is 191 g/mol. The van der Waals surface area contributed by atoms with E-state index >= 15 is 0 Å². The number of hydrogen-bond acceptors (Lipinski definition) is 2. The molecule has 0 radical (unpaired) electrons. The minimum absolute atomic E-state index is 0.701. The van der Waals surface area contributed by atoms with Gasteiger partial charge in [-0.25, -0.2) is 4.79 Å². The zero-order chi connectivity index (χ0) is 10.6. The van der Waals surface area contributed by atoms with Crippen LogP contribution in [0.15, 0.2) is 43.1 Å². The van der Waals surface area contributed by atoms with Crippen molar-refractivity contribution in [3.05, 3.63) is 48.7 Å². The quantitative estimate of drug-likeness (QED) is 0.761. The normalized spacial score (nSPS) is 14.1. The summed E-state index contributed by atoms with van der Waals surface area (Å²) in [5.41, 5.74) is -0.407. The van der Waals surface area contributed by atoms with E-state index in [0.29, 0.717) is 5.56 Å². The molecule has 3 nitrogen and oxygen atoms in total. The highest BCUT2D eigenvalue weighted by Gasteiger charge is 2.33. The molecule has 3 heteroatoms. The lowest BCUT2D eigenvalue weighted by Crippen LogP contribution is -2.43. The van der Waals surface area contributed by atoms with E-state index in [0.717, 1.165) is 0 Å². The minimum atomic E-state index is -1.11. The first-order valence-electron chi connectivity index (χ1n) is 4.29. The van der Waals surface area contributed by atoms with Crippen LogP contribution in [0.25, 0.3) is 0 Å². The third-order valence-corrected chi connectivity index (χ3v) is 2.17. The SMILES string of the molecule is C=CN[C@@](C)(C(=O)O)c1ccccc1. The average molecular weight is 191 g/mol. The molecule has 0 aliphatic rings. The Kier molecular flexibility index (Phi) is 2.92. The molecule has 74 valence electrons. The lowest BCUT2D eigenvalue weighted by atomic mass is 9.92. The molecule has 0 unspecified atom stereocenters. The van der Waals surface area contributed by atoms with Gasteiger partial charge >= 0.3 is 5.97 Å². The van der Waals surface area contributed by atoms with Gasteiger partial charge in [-0.15, -0.1) is 0 Å². The number of carbonyl (C=O) groups is 1. The van der Waals surface area contributed by atoms with E-state index in [1.165, 1.54) is 6.20 Å². The first-order valence-corrected chi connectivity index (χ1v) is 4.29. The molecule has 0 saturated carbocycles. The summed E-state index contributed by atoms with van der Waals surface area (Å²) >= 11 is 0. The summed E-state index contributed by atoms with van der Waals surface area (Å²) in [5.74, 6) is -0.927. The number of aliphatic carboxylic acids is 1. The van der Waals surface area contributed by atoms with Crippen molar-refractivity contribution in [2.75, 3.05) is 0 Å². The highest BCUT2D eigenvalue weighted by Crippen LogP contribution is 2.20. The average Bonchev–Trinajstić information content (AvgIpc) is 2.19. The Morgan fingerprint density at radius 1 is 1.50 bits per heavy atom. The van der Waals surface area contributed by atoms with Crippen LogP contribution in [0.2, 0.25) is 0 Å². The maximum absolute atomic E-state index is 11.1. The van der Waals surface area contributed by atoms with Gasteiger partial charge in [0.1, 0.15) is 0 Å². The minimum Gasteiger partial charge on any atom is -0.479 e. The second-order valence-corrected chi connectivity index (χ2v) is 3.14. The summed E-state index contributed by atoms with van der Waals surface area (Å²) in [6.07, 6.45) is 1.39. The van der Waals surface area contributed by atoms with Gasteiger partial charge in [-0.3, -0.25) is 0 Å². The third kappa shape index (κ3) is 1.76. The van der Waals surface area contributed by atoms with Crippen LogP contribution in [0.4, 0.5) is 0 Å². The highest BCUT2D eigenvalue weighted by atomic mass is 16.4. The Balaban J connectivity index is 3.12. The van der Waals surface area contributed by atoms with Crippen LogP contribution in [0.5, 0.6) is 0 Å². The Bertz CT molecular complexity index is 334. The molecule has 14 heavy (non-hydrogen) atoms. The van der Waals surface area contributed by atoms with Gasteiger partial charge in [-0.2, -0.15) is 0 Å². The summed E-state index contributed by atoms with van der Waals surface area (Å²) in [5, 5.41) is 11.8. The topological polar surface area (TPSA) is 49.3 Å². The van der Waals surface area contributed by atoms with Crippen molar-refractivity contribution < 1.29 is 9.90 Å². The van der Waals surface area contributed by atoms with Crippen molar-refractivity contribution in [1.29, 1.82) is 0 Å².